The Labute approximate surface area is 339 Å². The second-order valence-corrected chi connectivity index (χ2v) is 14.0. The molecule has 20 heteroatoms. The highest BCUT2D eigenvalue weighted by atomic mass is 19.4. The number of esters is 3. The van der Waals surface area contributed by atoms with Crippen LogP contribution in [-0.2, 0) is 69.9 Å². The lowest BCUT2D eigenvalue weighted by Gasteiger charge is -2.45. The van der Waals surface area contributed by atoms with Crippen LogP contribution in [0.1, 0.15) is 76.5 Å². The van der Waals surface area contributed by atoms with Gasteiger partial charge in [0.25, 0.3) is 0 Å². The molecule has 4 rings (SSSR count). The average molecular weight is 840 g/mol. The van der Waals surface area contributed by atoms with Crippen molar-refractivity contribution in [3.8, 4) is 0 Å². The van der Waals surface area contributed by atoms with Crippen LogP contribution in [0.5, 0.6) is 0 Å². The van der Waals surface area contributed by atoms with E-state index in [0.29, 0.717) is 32.2 Å². The molecule has 5 atom stereocenters. The van der Waals surface area contributed by atoms with Gasteiger partial charge in [0.15, 0.2) is 29.8 Å². The Morgan fingerprint density at radius 3 is 2.31 bits per heavy atom. The SMILES string of the molecule is CC(=O)O[C@@H]1[C@@H](Nc2cncc(C(F)(F)F)n2)[C@H]2OC[C@](COCCCCCCNC(=O)CCOCCNC(=O)CCCC(=O)OCc3ccccc3)(O2)[C@@H]1OC(C)=O. The third-order valence-corrected chi connectivity index (χ3v) is 9.09. The van der Waals surface area contributed by atoms with Gasteiger partial charge >= 0.3 is 24.1 Å². The zero-order valence-electron chi connectivity index (χ0n) is 33.1. The zero-order valence-corrected chi connectivity index (χ0v) is 33.1. The van der Waals surface area contributed by atoms with Gasteiger partial charge in [-0.1, -0.05) is 43.2 Å². The Morgan fingerprint density at radius 2 is 1.56 bits per heavy atom. The molecule has 2 fully saturated rings. The molecule has 0 unspecified atom stereocenters. The molecular weight excluding hydrogens is 787 g/mol. The smallest absolute Gasteiger partial charge is 0.434 e. The summed E-state index contributed by atoms with van der Waals surface area (Å²) in [5, 5.41) is 8.31. The minimum Gasteiger partial charge on any atom is -0.461 e. The number of nitrogens with one attached hydrogen (secondary N) is 3. The molecule has 326 valence electrons. The first-order valence-corrected chi connectivity index (χ1v) is 19.4. The van der Waals surface area contributed by atoms with Crippen molar-refractivity contribution in [2.75, 3.05) is 51.4 Å². The first-order valence-electron chi connectivity index (χ1n) is 19.4. The van der Waals surface area contributed by atoms with Crippen LogP contribution < -0.4 is 16.0 Å². The molecular formula is C39H52F3N5O12. The third-order valence-electron chi connectivity index (χ3n) is 9.09. The van der Waals surface area contributed by atoms with Gasteiger partial charge in [-0.05, 0) is 24.8 Å². The molecule has 2 aliphatic heterocycles. The molecule has 3 heterocycles. The minimum absolute atomic E-state index is 0.103. The van der Waals surface area contributed by atoms with E-state index in [1.807, 2.05) is 30.3 Å². The summed E-state index contributed by atoms with van der Waals surface area (Å²) in [6.07, 6.45) is -2.92. The van der Waals surface area contributed by atoms with Gasteiger partial charge < -0.3 is 49.1 Å². The minimum atomic E-state index is -4.76. The topological polar surface area (TPSA) is 212 Å². The number of aromatic nitrogens is 2. The maximum atomic E-state index is 13.3. The normalized spacial score (nSPS) is 21.0. The molecule has 0 spiro atoms. The predicted octanol–water partition coefficient (Wildman–Crippen LogP) is 3.39. The first-order chi connectivity index (χ1) is 28.3. The van der Waals surface area contributed by atoms with Crippen molar-refractivity contribution >= 4 is 35.5 Å². The van der Waals surface area contributed by atoms with Gasteiger partial charge in [-0.15, -0.1) is 0 Å². The summed E-state index contributed by atoms with van der Waals surface area (Å²) in [5.74, 6) is -2.46. The number of hydrogen-bond acceptors (Lipinski definition) is 15. The summed E-state index contributed by atoms with van der Waals surface area (Å²) >= 11 is 0. The Balaban J connectivity index is 1.05. The van der Waals surface area contributed by atoms with Crippen LogP contribution in [0.15, 0.2) is 42.7 Å². The van der Waals surface area contributed by atoms with Gasteiger partial charge in [0, 0.05) is 52.8 Å². The number of carbonyl (C=O) groups excluding carboxylic acids is 5. The first kappa shape index (κ1) is 46.8. The van der Waals surface area contributed by atoms with Crippen LogP contribution in [0.25, 0.3) is 0 Å². The number of halogens is 3. The van der Waals surface area contributed by atoms with Crippen molar-refractivity contribution in [3.05, 3.63) is 54.0 Å². The summed E-state index contributed by atoms with van der Waals surface area (Å²) in [4.78, 5) is 67.5. The Morgan fingerprint density at radius 1 is 0.831 bits per heavy atom. The lowest BCUT2D eigenvalue weighted by Crippen LogP contribution is -2.66. The number of amides is 2. The van der Waals surface area contributed by atoms with E-state index in [1.165, 1.54) is 0 Å². The fraction of sp³-hybridized carbons (Fsp3) is 0.615. The standard InChI is InChI=1S/C39H52F3N5O12/c1-26(48)57-35-34(47-30-22-43-21-29(46-30)39(40,41)42)37-56-25-38(59-37,36(35)58-27(2)49)24-54-18-9-4-3-8-16-44-32(51)15-19-53-20-17-45-31(50)13-10-14-33(52)55-23-28-11-6-5-7-12-28/h5-7,11-12,21-22,34-37H,3-4,8-10,13-20,23-25H2,1-2H3,(H,44,51)(H,45,50)(H,46,47)/t34-,35-,36-,37+,38+/m1/s1. The van der Waals surface area contributed by atoms with Crippen molar-refractivity contribution < 1.29 is 70.3 Å². The molecule has 1 aromatic heterocycles. The van der Waals surface area contributed by atoms with Gasteiger partial charge in [0.05, 0.1) is 38.8 Å². The van der Waals surface area contributed by atoms with E-state index < -0.39 is 53.9 Å². The van der Waals surface area contributed by atoms with Crippen molar-refractivity contribution in [3.63, 3.8) is 0 Å². The number of ether oxygens (including phenoxy) is 7. The molecule has 2 amide bonds. The van der Waals surface area contributed by atoms with E-state index in [1.54, 1.807) is 0 Å². The molecule has 2 saturated heterocycles. The second kappa shape index (κ2) is 23.6. The zero-order chi connectivity index (χ0) is 42.7. The largest absolute Gasteiger partial charge is 0.461 e. The van der Waals surface area contributed by atoms with E-state index in [2.05, 4.69) is 25.9 Å². The molecule has 2 aliphatic rings. The van der Waals surface area contributed by atoms with Crippen LogP contribution in [0.3, 0.4) is 0 Å². The number of anilines is 1. The highest BCUT2D eigenvalue weighted by molar-refractivity contribution is 5.77. The number of carbonyl (C=O) groups is 5. The summed E-state index contributed by atoms with van der Waals surface area (Å²) in [5.41, 5.74) is -1.73. The molecule has 59 heavy (non-hydrogen) atoms. The van der Waals surface area contributed by atoms with Gasteiger partial charge in [-0.3, -0.25) is 29.0 Å². The molecule has 0 aliphatic carbocycles. The number of hydrogen-bond donors (Lipinski definition) is 3. The van der Waals surface area contributed by atoms with E-state index in [0.717, 1.165) is 44.9 Å². The molecule has 1 aromatic carbocycles. The quantitative estimate of drug-likeness (QED) is 0.0743. The number of unbranched alkanes of at least 4 members (excludes halogenated alkanes) is 3. The lowest BCUT2D eigenvalue weighted by molar-refractivity contribution is -0.244. The van der Waals surface area contributed by atoms with Crippen LogP contribution in [0, 0.1) is 0 Å². The highest BCUT2D eigenvalue weighted by Crippen LogP contribution is 2.41. The summed E-state index contributed by atoms with van der Waals surface area (Å²) in [7, 11) is 0. The number of rotatable bonds is 25. The van der Waals surface area contributed by atoms with Gasteiger partial charge in [-0.2, -0.15) is 13.2 Å². The number of benzene rings is 1. The van der Waals surface area contributed by atoms with E-state index in [4.69, 9.17) is 33.2 Å². The van der Waals surface area contributed by atoms with Gasteiger partial charge in [-0.25, -0.2) is 4.98 Å². The molecule has 2 bridgehead atoms. The maximum absolute atomic E-state index is 13.3. The Hall–Kier alpha value is -4.92. The van der Waals surface area contributed by atoms with Crippen molar-refractivity contribution in [2.24, 2.45) is 0 Å². The Bertz CT molecular complexity index is 1670. The third kappa shape index (κ3) is 16.0. The molecule has 17 nitrogen and oxygen atoms in total. The summed E-state index contributed by atoms with van der Waals surface area (Å²) in [6, 6.07) is 8.20. The highest BCUT2D eigenvalue weighted by Gasteiger charge is 2.63. The molecule has 0 saturated carbocycles. The maximum Gasteiger partial charge on any atom is 0.434 e. The van der Waals surface area contributed by atoms with Crippen molar-refractivity contribution in [1.29, 1.82) is 0 Å². The summed E-state index contributed by atoms with van der Waals surface area (Å²) < 4.78 is 79.5. The molecule has 0 radical (unpaired) electrons. The van der Waals surface area contributed by atoms with Crippen molar-refractivity contribution in [2.45, 2.75) is 108 Å². The summed E-state index contributed by atoms with van der Waals surface area (Å²) in [6.45, 7) is 3.78. The lowest BCUT2D eigenvalue weighted by atomic mass is 9.87. The Kier molecular flexibility index (Phi) is 18.7. The predicted molar refractivity (Wildman–Crippen MR) is 200 cm³/mol. The molecule has 3 N–H and O–H groups in total. The van der Waals surface area contributed by atoms with Gasteiger partial charge in [0.2, 0.25) is 11.8 Å². The van der Waals surface area contributed by atoms with Crippen molar-refractivity contribution in [1.82, 2.24) is 20.6 Å². The molecule has 2 aromatic rings. The van der Waals surface area contributed by atoms with E-state index >= 15 is 0 Å². The number of nitrogens with zero attached hydrogens (tertiary/aromatic N) is 2. The van der Waals surface area contributed by atoms with Gasteiger partial charge in [0.1, 0.15) is 18.5 Å². The number of alkyl halides is 3. The van der Waals surface area contributed by atoms with Crippen LogP contribution >= 0.6 is 0 Å². The monoisotopic (exact) mass is 839 g/mol. The fourth-order valence-corrected chi connectivity index (χ4v) is 6.29. The number of fused-ring (bicyclic) bond motifs is 2. The average Bonchev–Trinajstić information content (AvgIpc) is 3.59. The van der Waals surface area contributed by atoms with E-state index in [9.17, 15) is 37.1 Å². The second-order valence-electron chi connectivity index (χ2n) is 14.0. The van der Waals surface area contributed by atoms with Crippen LogP contribution in [-0.4, -0.2) is 116 Å². The fourth-order valence-electron chi connectivity index (χ4n) is 6.29. The van der Waals surface area contributed by atoms with Crippen LogP contribution in [0.2, 0.25) is 0 Å². The van der Waals surface area contributed by atoms with E-state index in [-0.39, 0.29) is 82.4 Å². The van der Waals surface area contributed by atoms with Crippen LogP contribution in [0.4, 0.5) is 19.0 Å².